The molecule has 2 aliphatic rings. The fraction of sp³-hybridized carbons (Fsp3) is 0.700. The molecule has 0 aromatic heterocycles. The Kier molecular flexibility index (Phi) is 11.1. The molecule has 2 heterocycles. The summed E-state index contributed by atoms with van der Waals surface area (Å²) in [4.78, 5) is 78.6. The normalized spacial score (nSPS) is 21.3. The Morgan fingerprint density at radius 3 is 1.25 bits per heavy atom. The van der Waals surface area contributed by atoms with Crippen LogP contribution >= 0.6 is 25.3 Å². The van der Waals surface area contributed by atoms with Gasteiger partial charge in [0.25, 0.3) is 0 Å². The number of piperazine rings is 2. The summed E-state index contributed by atoms with van der Waals surface area (Å²) in [7, 11) is 0. The molecular formula is C20H32N6O8S2. The summed E-state index contributed by atoms with van der Waals surface area (Å²) in [6.45, 7) is 1.96. The largest absolute Gasteiger partial charge is 0.443 e. The molecule has 36 heavy (non-hydrogen) atoms. The van der Waals surface area contributed by atoms with Crippen LogP contribution in [0.1, 0.15) is 13.8 Å². The molecule has 0 radical (unpaired) electrons. The Balaban J connectivity index is 1.92. The second kappa shape index (κ2) is 13.3. The van der Waals surface area contributed by atoms with E-state index in [-0.39, 0.29) is 37.7 Å². The number of hydrogen-bond donors (Lipinski definition) is 4. The fourth-order valence-corrected chi connectivity index (χ4v) is 3.82. The molecule has 2 fully saturated rings. The first-order valence-corrected chi connectivity index (χ1v) is 12.4. The molecule has 16 heteroatoms. The minimum absolute atomic E-state index is 0.0541. The van der Waals surface area contributed by atoms with Crippen LogP contribution in [0.15, 0.2) is 0 Å². The van der Waals surface area contributed by atoms with E-state index in [1.54, 1.807) is 23.6 Å². The van der Waals surface area contributed by atoms with Crippen LogP contribution in [0.25, 0.3) is 0 Å². The molecule has 202 valence electrons. The number of thiol groups is 2. The lowest BCUT2D eigenvalue weighted by Crippen LogP contribution is -2.63. The van der Waals surface area contributed by atoms with Crippen LogP contribution in [0.5, 0.6) is 0 Å². The van der Waals surface area contributed by atoms with Crippen molar-refractivity contribution in [2.24, 2.45) is 11.5 Å². The summed E-state index contributed by atoms with van der Waals surface area (Å²) in [6, 6.07) is -2.72. The van der Waals surface area contributed by atoms with Gasteiger partial charge in [0, 0.05) is 23.6 Å². The molecule has 0 saturated carbocycles. The summed E-state index contributed by atoms with van der Waals surface area (Å²) in [6.07, 6.45) is 0. The van der Waals surface area contributed by atoms with Crippen molar-refractivity contribution in [3.63, 3.8) is 0 Å². The molecule has 2 rings (SSSR count). The van der Waals surface area contributed by atoms with Gasteiger partial charge in [-0.25, -0.2) is 9.80 Å². The highest BCUT2D eigenvalue weighted by Crippen LogP contribution is 2.18. The van der Waals surface area contributed by atoms with Crippen molar-refractivity contribution >= 4 is 60.8 Å². The second-order valence-electron chi connectivity index (χ2n) is 8.49. The van der Waals surface area contributed by atoms with E-state index in [0.29, 0.717) is 0 Å². The van der Waals surface area contributed by atoms with Gasteiger partial charge >= 0.3 is 11.9 Å². The molecule has 0 spiro atoms. The van der Waals surface area contributed by atoms with E-state index in [4.69, 9.17) is 20.9 Å². The summed E-state index contributed by atoms with van der Waals surface area (Å²) in [5.41, 5.74) is 11.0. The van der Waals surface area contributed by atoms with Crippen molar-refractivity contribution in [2.45, 2.75) is 38.0 Å². The highest BCUT2D eigenvalue weighted by Gasteiger charge is 2.40. The molecule has 0 aliphatic carbocycles. The van der Waals surface area contributed by atoms with E-state index in [2.05, 4.69) is 25.3 Å². The Morgan fingerprint density at radius 2 is 1.00 bits per heavy atom. The third-order valence-corrected chi connectivity index (χ3v) is 6.87. The number of hydrogen-bond acceptors (Lipinski definition) is 14. The second-order valence-corrected chi connectivity index (χ2v) is 9.22. The molecule has 4 atom stereocenters. The van der Waals surface area contributed by atoms with Crippen molar-refractivity contribution in [1.82, 2.24) is 19.6 Å². The van der Waals surface area contributed by atoms with E-state index in [0.717, 1.165) is 9.80 Å². The van der Waals surface area contributed by atoms with Crippen molar-refractivity contribution in [3.05, 3.63) is 0 Å². The minimum atomic E-state index is -0.968. The van der Waals surface area contributed by atoms with Crippen LogP contribution in [0.4, 0.5) is 0 Å². The lowest BCUT2D eigenvalue weighted by molar-refractivity contribution is -0.169. The smallest absolute Gasteiger partial charge is 0.325 e. The maximum Gasteiger partial charge on any atom is 0.325 e. The number of nitrogens with two attached hydrogens (primary N) is 2. The third-order valence-electron chi connectivity index (χ3n) is 6.08. The molecule has 0 unspecified atom stereocenters. The molecule has 2 aliphatic heterocycles. The van der Waals surface area contributed by atoms with Crippen molar-refractivity contribution in [3.8, 4) is 0 Å². The standard InChI is InChI=1S/C20H32N6O8S2/c1-11(23-3-15(27)25(16(28)4-23)9-33-19(31)13(21)7-35)12(2)24-5-17(29)26(18(30)6-24)10-34-20(32)14(22)8-36/h11-14,35-36H,3-10,21-22H2,1-2H3/t11-,12+,13-,14-/m1/s1. The minimum Gasteiger partial charge on any atom is -0.443 e. The Labute approximate surface area is 219 Å². The predicted molar refractivity (Wildman–Crippen MR) is 131 cm³/mol. The van der Waals surface area contributed by atoms with Crippen molar-refractivity contribution < 1.29 is 38.2 Å². The van der Waals surface area contributed by atoms with Crippen LogP contribution in [0.2, 0.25) is 0 Å². The van der Waals surface area contributed by atoms with Crippen molar-refractivity contribution in [1.29, 1.82) is 0 Å². The molecule has 2 saturated heterocycles. The fourth-order valence-electron chi connectivity index (χ4n) is 3.52. The number of imide groups is 2. The first-order chi connectivity index (χ1) is 16.9. The van der Waals surface area contributed by atoms with Gasteiger partial charge in [-0.2, -0.15) is 25.3 Å². The zero-order chi connectivity index (χ0) is 27.2. The van der Waals surface area contributed by atoms with Crippen LogP contribution in [0, 0.1) is 0 Å². The monoisotopic (exact) mass is 548 g/mol. The SMILES string of the molecule is C[C@H]([C@H](C)N1CC(=O)N(COC(=O)[C@H](N)CS)C(=O)C1)N1CC(=O)N(COC(=O)[C@H](N)CS)C(=O)C1. The van der Waals surface area contributed by atoms with Crippen LogP contribution < -0.4 is 11.5 Å². The number of carbonyl (C=O) groups is 6. The molecule has 0 aromatic carbocycles. The average Bonchev–Trinajstić information content (AvgIpc) is 2.84. The first kappa shape index (κ1) is 30.0. The van der Waals surface area contributed by atoms with Crippen molar-refractivity contribution in [2.75, 3.05) is 51.1 Å². The van der Waals surface area contributed by atoms with E-state index < -0.39 is 73.2 Å². The van der Waals surface area contributed by atoms with Gasteiger partial charge in [0.05, 0.1) is 26.2 Å². The maximum atomic E-state index is 12.6. The van der Waals surface area contributed by atoms with Gasteiger partial charge in [0.15, 0.2) is 13.5 Å². The lowest BCUT2D eigenvalue weighted by Gasteiger charge is -2.43. The van der Waals surface area contributed by atoms with Gasteiger partial charge in [-0.3, -0.25) is 38.6 Å². The highest BCUT2D eigenvalue weighted by molar-refractivity contribution is 7.80. The molecule has 0 bridgehead atoms. The first-order valence-electron chi connectivity index (χ1n) is 11.1. The number of amides is 4. The quantitative estimate of drug-likeness (QED) is 0.114. The Bertz CT molecular complexity index is 786. The summed E-state index contributed by atoms with van der Waals surface area (Å²) in [5.74, 6) is -3.68. The number of rotatable bonds is 11. The van der Waals surface area contributed by atoms with Gasteiger partial charge in [-0.1, -0.05) is 0 Å². The number of esters is 2. The van der Waals surface area contributed by atoms with Crippen LogP contribution in [-0.4, -0.2) is 130 Å². The number of ether oxygens (including phenoxy) is 2. The molecule has 4 N–H and O–H groups in total. The number of nitrogens with zero attached hydrogens (tertiary/aromatic N) is 4. The van der Waals surface area contributed by atoms with E-state index in [1.165, 1.54) is 0 Å². The Morgan fingerprint density at radius 1 is 0.722 bits per heavy atom. The molecular weight excluding hydrogens is 516 g/mol. The summed E-state index contributed by atoms with van der Waals surface area (Å²) < 4.78 is 9.85. The summed E-state index contributed by atoms with van der Waals surface area (Å²) >= 11 is 7.79. The average molecular weight is 549 g/mol. The predicted octanol–water partition coefficient (Wildman–Crippen LogP) is -3.38. The van der Waals surface area contributed by atoms with Gasteiger partial charge in [-0.05, 0) is 13.8 Å². The number of carbonyl (C=O) groups excluding carboxylic acids is 6. The van der Waals surface area contributed by atoms with Gasteiger partial charge in [0.1, 0.15) is 12.1 Å². The Hall–Kier alpha value is -2.24. The van der Waals surface area contributed by atoms with Crippen LogP contribution in [0.3, 0.4) is 0 Å². The maximum absolute atomic E-state index is 12.6. The third kappa shape index (κ3) is 7.39. The zero-order valence-corrected chi connectivity index (χ0v) is 21.9. The molecule has 4 amide bonds. The van der Waals surface area contributed by atoms with Gasteiger partial charge < -0.3 is 20.9 Å². The summed E-state index contributed by atoms with van der Waals surface area (Å²) in [5, 5.41) is 0. The van der Waals surface area contributed by atoms with Gasteiger partial charge in [-0.15, -0.1) is 0 Å². The molecule has 14 nitrogen and oxygen atoms in total. The zero-order valence-electron chi connectivity index (χ0n) is 20.1. The van der Waals surface area contributed by atoms with E-state index in [9.17, 15) is 28.8 Å². The van der Waals surface area contributed by atoms with Gasteiger partial charge in [0.2, 0.25) is 23.6 Å². The lowest BCUT2D eigenvalue weighted by atomic mass is 10.1. The highest BCUT2D eigenvalue weighted by atomic mass is 32.1. The van der Waals surface area contributed by atoms with E-state index >= 15 is 0 Å². The molecule has 0 aromatic rings. The van der Waals surface area contributed by atoms with Crippen LogP contribution in [-0.2, 0) is 38.2 Å². The van der Waals surface area contributed by atoms with E-state index in [1.807, 2.05) is 0 Å². The topological polar surface area (TPSA) is 186 Å².